The molecule has 2 unspecified atom stereocenters. The van der Waals surface area contributed by atoms with Gasteiger partial charge in [0.1, 0.15) is 0 Å². The topological polar surface area (TPSA) is 74.6 Å². The predicted octanol–water partition coefficient (Wildman–Crippen LogP) is 3.94. The number of aliphatic carboxylic acids is 2. The highest BCUT2D eigenvalue weighted by Crippen LogP contribution is 2.57. The molecule has 1 saturated carbocycles. The SMILES string of the molecule is CCCC(CC)(C(=O)O)C(CC)(C(=O)O)C1CCCC1. The van der Waals surface area contributed by atoms with Crippen LogP contribution < -0.4 is 0 Å². The first-order chi connectivity index (χ1) is 9.42. The van der Waals surface area contributed by atoms with E-state index < -0.39 is 22.8 Å². The van der Waals surface area contributed by atoms with Gasteiger partial charge in [-0.1, -0.05) is 40.0 Å². The smallest absolute Gasteiger partial charge is 0.311 e. The highest BCUT2D eigenvalue weighted by molar-refractivity contribution is 5.87. The van der Waals surface area contributed by atoms with E-state index in [1.165, 1.54) is 0 Å². The van der Waals surface area contributed by atoms with Crippen molar-refractivity contribution in [1.29, 1.82) is 0 Å². The first-order valence-electron chi connectivity index (χ1n) is 7.89. The van der Waals surface area contributed by atoms with Crippen LogP contribution in [0.4, 0.5) is 0 Å². The second kappa shape index (κ2) is 6.59. The maximum absolute atomic E-state index is 12.2. The zero-order valence-corrected chi connectivity index (χ0v) is 12.9. The molecular weight excluding hydrogens is 256 g/mol. The Morgan fingerprint density at radius 3 is 1.85 bits per heavy atom. The summed E-state index contributed by atoms with van der Waals surface area (Å²) in [5, 5.41) is 19.8. The number of carbonyl (C=O) groups is 2. The summed E-state index contributed by atoms with van der Waals surface area (Å²) >= 11 is 0. The lowest BCUT2D eigenvalue weighted by molar-refractivity contribution is -0.183. The fourth-order valence-electron chi connectivity index (χ4n) is 4.56. The summed E-state index contributed by atoms with van der Waals surface area (Å²) in [5.74, 6) is -1.85. The number of carboxylic acid groups (broad SMARTS) is 2. The van der Waals surface area contributed by atoms with E-state index in [1.54, 1.807) is 0 Å². The van der Waals surface area contributed by atoms with E-state index in [-0.39, 0.29) is 5.92 Å². The molecule has 0 saturated heterocycles. The van der Waals surface area contributed by atoms with Gasteiger partial charge in [0.25, 0.3) is 0 Å². The van der Waals surface area contributed by atoms with Crippen molar-refractivity contribution in [2.45, 2.75) is 72.1 Å². The van der Waals surface area contributed by atoms with Gasteiger partial charge in [-0.25, -0.2) is 0 Å². The summed E-state index contributed by atoms with van der Waals surface area (Å²) in [6, 6.07) is 0. The molecule has 1 aliphatic rings. The summed E-state index contributed by atoms with van der Waals surface area (Å²) in [7, 11) is 0. The van der Waals surface area contributed by atoms with Crippen LogP contribution in [0, 0.1) is 16.7 Å². The number of hydrogen-bond acceptors (Lipinski definition) is 2. The van der Waals surface area contributed by atoms with E-state index in [0.29, 0.717) is 25.7 Å². The molecule has 20 heavy (non-hydrogen) atoms. The molecular formula is C16H28O4. The molecule has 2 atom stereocenters. The molecule has 0 bridgehead atoms. The molecule has 0 aliphatic heterocycles. The molecule has 2 N–H and O–H groups in total. The quantitative estimate of drug-likeness (QED) is 0.708. The maximum atomic E-state index is 12.2. The van der Waals surface area contributed by atoms with E-state index >= 15 is 0 Å². The standard InChI is InChI=1S/C16H28O4/c1-4-11-15(5-2,13(17)18)16(6-3,14(19)20)12-9-7-8-10-12/h12H,4-11H2,1-3H3,(H,17,18)(H,19,20). The molecule has 4 nitrogen and oxygen atoms in total. The third kappa shape index (κ3) is 2.33. The van der Waals surface area contributed by atoms with Crippen LogP contribution in [0.3, 0.4) is 0 Å². The van der Waals surface area contributed by atoms with Crippen LogP contribution in [0.5, 0.6) is 0 Å². The summed E-state index contributed by atoms with van der Waals surface area (Å²) in [6.45, 7) is 5.60. The highest BCUT2D eigenvalue weighted by atomic mass is 16.4. The van der Waals surface area contributed by atoms with Crippen LogP contribution in [0.15, 0.2) is 0 Å². The van der Waals surface area contributed by atoms with E-state index in [9.17, 15) is 19.8 Å². The van der Waals surface area contributed by atoms with Gasteiger partial charge in [-0.2, -0.15) is 0 Å². The molecule has 0 aromatic carbocycles. The van der Waals surface area contributed by atoms with Crippen LogP contribution in [-0.4, -0.2) is 22.2 Å². The molecule has 4 heteroatoms. The number of carboxylic acids is 2. The van der Waals surface area contributed by atoms with Gasteiger partial charge in [-0.15, -0.1) is 0 Å². The lowest BCUT2D eigenvalue weighted by atomic mass is 9.52. The van der Waals surface area contributed by atoms with Gasteiger partial charge >= 0.3 is 11.9 Å². The van der Waals surface area contributed by atoms with Crippen LogP contribution in [-0.2, 0) is 9.59 Å². The van der Waals surface area contributed by atoms with Crippen LogP contribution in [0.25, 0.3) is 0 Å². The van der Waals surface area contributed by atoms with Crippen LogP contribution in [0.2, 0.25) is 0 Å². The first-order valence-corrected chi connectivity index (χ1v) is 7.89. The maximum Gasteiger partial charge on any atom is 0.311 e. The molecule has 1 aliphatic carbocycles. The van der Waals surface area contributed by atoms with Crippen LogP contribution >= 0.6 is 0 Å². The molecule has 116 valence electrons. The Kier molecular flexibility index (Phi) is 5.60. The summed E-state index contributed by atoms with van der Waals surface area (Å²) in [5.41, 5.74) is -2.27. The van der Waals surface area contributed by atoms with Gasteiger partial charge in [0.2, 0.25) is 0 Å². The lowest BCUT2D eigenvalue weighted by Gasteiger charge is -2.48. The Balaban J connectivity index is 3.44. The average Bonchev–Trinajstić information content (AvgIpc) is 2.92. The van der Waals surface area contributed by atoms with E-state index in [4.69, 9.17) is 0 Å². The Morgan fingerprint density at radius 1 is 1.00 bits per heavy atom. The second-order valence-electron chi connectivity index (χ2n) is 6.10. The van der Waals surface area contributed by atoms with Crippen molar-refractivity contribution in [2.75, 3.05) is 0 Å². The molecule has 0 amide bonds. The van der Waals surface area contributed by atoms with Crippen molar-refractivity contribution in [3.63, 3.8) is 0 Å². The van der Waals surface area contributed by atoms with Crippen molar-refractivity contribution >= 4 is 11.9 Å². The van der Waals surface area contributed by atoms with Gasteiger partial charge in [-0.05, 0) is 38.0 Å². The third-order valence-electron chi connectivity index (χ3n) is 5.54. The summed E-state index contributed by atoms with van der Waals surface area (Å²) < 4.78 is 0. The van der Waals surface area contributed by atoms with Crippen molar-refractivity contribution in [3.8, 4) is 0 Å². The van der Waals surface area contributed by atoms with Crippen molar-refractivity contribution in [2.24, 2.45) is 16.7 Å². The van der Waals surface area contributed by atoms with Gasteiger partial charge in [0.15, 0.2) is 0 Å². The lowest BCUT2D eigenvalue weighted by Crippen LogP contribution is -2.55. The molecule has 1 fully saturated rings. The first kappa shape index (κ1) is 17.0. The van der Waals surface area contributed by atoms with Crippen molar-refractivity contribution in [1.82, 2.24) is 0 Å². The molecule has 0 radical (unpaired) electrons. The number of hydrogen-bond donors (Lipinski definition) is 2. The normalized spacial score (nSPS) is 22.1. The van der Waals surface area contributed by atoms with Crippen molar-refractivity contribution < 1.29 is 19.8 Å². The van der Waals surface area contributed by atoms with Crippen molar-refractivity contribution in [3.05, 3.63) is 0 Å². The van der Waals surface area contributed by atoms with E-state index in [2.05, 4.69) is 0 Å². The minimum Gasteiger partial charge on any atom is -0.481 e. The largest absolute Gasteiger partial charge is 0.481 e. The second-order valence-corrected chi connectivity index (χ2v) is 6.10. The Bertz CT molecular complexity index is 359. The Hall–Kier alpha value is -1.06. The minimum absolute atomic E-state index is 0.00685. The summed E-state index contributed by atoms with van der Waals surface area (Å²) in [4.78, 5) is 24.2. The number of rotatable bonds is 8. The summed E-state index contributed by atoms with van der Waals surface area (Å²) in [6.07, 6.45) is 5.64. The molecule has 0 aromatic rings. The van der Waals surface area contributed by atoms with Gasteiger partial charge < -0.3 is 10.2 Å². The van der Waals surface area contributed by atoms with Crippen LogP contribution in [0.1, 0.15) is 72.1 Å². The van der Waals surface area contributed by atoms with E-state index in [0.717, 1.165) is 25.7 Å². The van der Waals surface area contributed by atoms with Gasteiger partial charge in [-0.3, -0.25) is 9.59 Å². The average molecular weight is 284 g/mol. The van der Waals surface area contributed by atoms with E-state index in [1.807, 2.05) is 20.8 Å². The molecule has 0 spiro atoms. The zero-order valence-electron chi connectivity index (χ0n) is 12.9. The third-order valence-corrected chi connectivity index (χ3v) is 5.54. The molecule has 0 aromatic heterocycles. The van der Waals surface area contributed by atoms with Gasteiger partial charge in [0, 0.05) is 0 Å². The predicted molar refractivity (Wildman–Crippen MR) is 77.6 cm³/mol. The minimum atomic E-state index is -1.14. The Morgan fingerprint density at radius 2 is 1.55 bits per heavy atom. The molecule has 0 heterocycles. The van der Waals surface area contributed by atoms with Gasteiger partial charge in [0.05, 0.1) is 10.8 Å². The fraction of sp³-hybridized carbons (Fsp3) is 0.875. The monoisotopic (exact) mass is 284 g/mol. The zero-order chi connectivity index (χ0) is 15.4. The fourth-order valence-corrected chi connectivity index (χ4v) is 4.56. The highest BCUT2D eigenvalue weighted by Gasteiger charge is 2.62. The molecule has 1 rings (SSSR count). The Labute approximate surface area is 121 Å².